The standard InChI is InChI=1S/C17H14ClN3/c1-12-15(11-13-5-3-2-4-6-13)16(18)21-17(20-12)14-7-9-19-10-8-14/h2-10H,11H2,1H3. The van der Waals surface area contributed by atoms with Crippen LogP contribution in [0.3, 0.4) is 0 Å². The fourth-order valence-corrected chi connectivity index (χ4v) is 2.48. The van der Waals surface area contributed by atoms with Gasteiger partial charge in [0.25, 0.3) is 0 Å². The highest BCUT2D eigenvalue weighted by molar-refractivity contribution is 6.30. The summed E-state index contributed by atoms with van der Waals surface area (Å²) in [6.45, 7) is 1.97. The second-order valence-corrected chi connectivity index (χ2v) is 5.16. The lowest BCUT2D eigenvalue weighted by molar-refractivity contribution is 1.02. The van der Waals surface area contributed by atoms with Crippen LogP contribution in [0.25, 0.3) is 11.4 Å². The molecule has 2 heterocycles. The lowest BCUT2D eigenvalue weighted by Crippen LogP contribution is -2.01. The van der Waals surface area contributed by atoms with E-state index < -0.39 is 0 Å². The molecule has 0 spiro atoms. The van der Waals surface area contributed by atoms with Gasteiger partial charge in [0, 0.05) is 35.6 Å². The molecule has 21 heavy (non-hydrogen) atoms. The van der Waals surface area contributed by atoms with Crippen LogP contribution < -0.4 is 0 Å². The number of benzene rings is 1. The Labute approximate surface area is 128 Å². The van der Waals surface area contributed by atoms with Gasteiger partial charge in [0.2, 0.25) is 0 Å². The van der Waals surface area contributed by atoms with E-state index in [0.717, 1.165) is 23.2 Å². The molecule has 0 radical (unpaired) electrons. The van der Waals surface area contributed by atoms with E-state index in [2.05, 4.69) is 27.1 Å². The molecule has 0 atom stereocenters. The maximum absolute atomic E-state index is 6.37. The molecule has 0 unspecified atom stereocenters. The quantitative estimate of drug-likeness (QED) is 0.683. The van der Waals surface area contributed by atoms with E-state index in [-0.39, 0.29) is 0 Å². The van der Waals surface area contributed by atoms with Crippen LogP contribution in [0.4, 0.5) is 0 Å². The molecular weight excluding hydrogens is 282 g/mol. The van der Waals surface area contributed by atoms with Gasteiger partial charge < -0.3 is 0 Å². The SMILES string of the molecule is Cc1nc(-c2ccncc2)nc(Cl)c1Cc1ccccc1. The number of rotatable bonds is 3. The summed E-state index contributed by atoms with van der Waals surface area (Å²) in [7, 11) is 0. The minimum atomic E-state index is 0.512. The van der Waals surface area contributed by atoms with E-state index in [1.54, 1.807) is 12.4 Å². The van der Waals surface area contributed by atoms with Gasteiger partial charge in [-0.1, -0.05) is 41.9 Å². The first kappa shape index (κ1) is 13.7. The molecular formula is C17H14ClN3. The Bertz CT molecular complexity index is 719. The van der Waals surface area contributed by atoms with Crippen molar-refractivity contribution in [1.29, 1.82) is 0 Å². The van der Waals surface area contributed by atoms with Gasteiger partial charge in [-0.3, -0.25) is 4.98 Å². The first-order valence-corrected chi connectivity index (χ1v) is 7.09. The average molecular weight is 296 g/mol. The van der Waals surface area contributed by atoms with Gasteiger partial charge in [0.05, 0.1) is 0 Å². The Morgan fingerprint density at radius 2 is 1.67 bits per heavy atom. The molecule has 0 N–H and O–H groups in total. The number of aromatic nitrogens is 3. The zero-order valence-corrected chi connectivity index (χ0v) is 12.4. The Morgan fingerprint density at radius 3 is 2.33 bits per heavy atom. The van der Waals surface area contributed by atoms with Crippen LogP contribution in [-0.2, 0) is 6.42 Å². The summed E-state index contributed by atoms with van der Waals surface area (Å²) >= 11 is 6.37. The number of nitrogens with zero attached hydrogens (tertiary/aromatic N) is 3. The molecule has 0 saturated carbocycles. The van der Waals surface area contributed by atoms with Gasteiger partial charge in [-0.2, -0.15) is 0 Å². The number of aryl methyl sites for hydroxylation is 1. The second kappa shape index (κ2) is 6.02. The van der Waals surface area contributed by atoms with Crippen molar-refractivity contribution < 1.29 is 0 Å². The van der Waals surface area contributed by atoms with Crippen molar-refractivity contribution >= 4 is 11.6 Å². The van der Waals surface area contributed by atoms with E-state index >= 15 is 0 Å². The topological polar surface area (TPSA) is 38.7 Å². The zero-order valence-electron chi connectivity index (χ0n) is 11.6. The van der Waals surface area contributed by atoms with Crippen molar-refractivity contribution in [2.45, 2.75) is 13.3 Å². The first-order valence-electron chi connectivity index (χ1n) is 6.71. The van der Waals surface area contributed by atoms with Gasteiger partial charge >= 0.3 is 0 Å². The van der Waals surface area contributed by atoms with Gasteiger partial charge in [-0.05, 0) is 24.6 Å². The van der Waals surface area contributed by atoms with Gasteiger partial charge in [-0.15, -0.1) is 0 Å². The summed E-state index contributed by atoms with van der Waals surface area (Å²) in [4.78, 5) is 13.0. The molecule has 0 saturated heterocycles. The van der Waals surface area contributed by atoms with Crippen molar-refractivity contribution in [2.75, 3.05) is 0 Å². The highest BCUT2D eigenvalue weighted by Crippen LogP contribution is 2.24. The fourth-order valence-electron chi connectivity index (χ4n) is 2.19. The highest BCUT2D eigenvalue weighted by atomic mass is 35.5. The van der Waals surface area contributed by atoms with Crippen molar-refractivity contribution in [3.63, 3.8) is 0 Å². The predicted molar refractivity (Wildman–Crippen MR) is 84.3 cm³/mol. The zero-order chi connectivity index (χ0) is 14.7. The molecule has 3 aromatic rings. The van der Waals surface area contributed by atoms with Crippen LogP contribution in [0.5, 0.6) is 0 Å². The van der Waals surface area contributed by atoms with E-state index in [0.29, 0.717) is 11.0 Å². The van der Waals surface area contributed by atoms with Gasteiger partial charge in [0.1, 0.15) is 5.15 Å². The fraction of sp³-hybridized carbons (Fsp3) is 0.118. The van der Waals surface area contributed by atoms with Crippen LogP contribution in [0.1, 0.15) is 16.8 Å². The van der Waals surface area contributed by atoms with Gasteiger partial charge in [-0.25, -0.2) is 9.97 Å². The predicted octanol–water partition coefficient (Wildman–Crippen LogP) is 4.09. The van der Waals surface area contributed by atoms with Crippen molar-refractivity contribution in [1.82, 2.24) is 15.0 Å². The molecule has 4 heteroatoms. The summed E-state index contributed by atoms with van der Waals surface area (Å²) in [5.41, 5.74) is 4.00. The summed E-state index contributed by atoms with van der Waals surface area (Å²) in [6.07, 6.45) is 4.18. The normalized spacial score (nSPS) is 10.6. The van der Waals surface area contributed by atoms with Crippen LogP contribution in [0.2, 0.25) is 5.15 Å². The summed E-state index contributed by atoms with van der Waals surface area (Å²) in [5, 5.41) is 0.512. The maximum atomic E-state index is 6.37. The molecule has 104 valence electrons. The second-order valence-electron chi connectivity index (χ2n) is 4.80. The van der Waals surface area contributed by atoms with Crippen LogP contribution >= 0.6 is 11.6 Å². The molecule has 0 amide bonds. The number of hydrogen-bond acceptors (Lipinski definition) is 3. The van der Waals surface area contributed by atoms with Crippen LogP contribution in [0.15, 0.2) is 54.9 Å². The number of pyridine rings is 1. The van der Waals surface area contributed by atoms with E-state index in [9.17, 15) is 0 Å². The maximum Gasteiger partial charge on any atom is 0.161 e. The first-order chi connectivity index (χ1) is 10.2. The minimum absolute atomic E-state index is 0.512. The average Bonchev–Trinajstić information content (AvgIpc) is 2.52. The van der Waals surface area contributed by atoms with Crippen LogP contribution in [0, 0.1) is 6.92 Å². The minimum Gasteiger partial charge on any atom is -0.265 e. The van der Waals surface area contributed by atoms with E-state index in [1.807, 2.05) is 37.3 Å². The van der Waals surface area contributed by atoms with Crippen LogP contribution in [-0.4, -0.2) is 15.0 Å². The van der Waals surface area contributed by atoms with Gasteiger partial charge in [0.15, 0.2) is 5.82 Å². The van der Waals surface area contributed by atoms with Crippen molar-refractivity contribution in [3.05, 3.63) is 76.8 Å². The van der Waals surface area contributed by atoms with Crippen molar-refractivity contribution in [2.24, 2.45) is 0 Å². The monoisotopic (exact) mass is 295 g/mol. The molecule has 3 nitrogen and oxygen atoms in total. The lowest BCUT2D eigenvalue weighted by atomic mass is 10.1. The Morgan fingerprint density at radius 1 is 0.952 bits per heavy atom. The molecule has 0 aliphatic carbocycles. The molecule has 0 aliphatic rings. The summed E-state index contributed by atoms with van der Waals surface area (Å²) in [6, 6.07) is 13.9. The third kappa shape index (κ3) is 3.09. The summed E-state index contributed by atoms with van der Waals surface area (Å²) < 4.78 is 0. The third-order valence-corrected chi connectivity index (χ3v) is 3.64. The largest absolute Gasteiger partial charge is 0.265 e. The molecule has 0 fully saturated rings. The number of hydrogen-bond donors (Lipinski definition) is 0. The molecule has 0 aliphatic heterocycles. The molecule has 3 rings (SSSR count). The van der Waals surface area contributed by atoms with E-state index in [4.69, 9.17) is 11.6 Å². The molecule has 2 aromatic heterocycles. The Hall–Kier alpha value is -2.26. The summed E-state index contributed by atoms with van der Waals surface area (Å²) in [5.74, 6) is 0.636. The van der Waals surface area contributed by atoms with Crippen molar-refractivity contribution in [3.8, 4) is 11.4 Å². The third-order valence-electron chi connectivity index (χ3n) is 3.33. The highest BCUT2D eigenvalue weighted by Gasteiger charge is 2.11. The smallest absolute Gasteiger partial charge is 0.161 e. The molecule has 0 bridgehead atoms. The lowest BCUT2D eigenvalue weighted by Gasteiger charge is -2.09. The molecule has 1 aromatic carbocycles. The van der Waals surface area contributed by atoms with E-state index in [1.165, 1.54) is 5.56 Å². The number of halogens is 1. The Kier molecular flexibility index (Phi) is 3.93. The Balaban J connectivity index is 1.97.